The number of hydrazine groups is 1. The fourth-order valence-electron chi connectivity index (χ4n) is 5.11. The van der Waals surface area contributed by atoms with Crippen molar-refractivity contribution in [1.82, 2.24) is 15.8 Å². The maximum Gasteiger partial charge on any atom is 0.220 e. The lowest BCUT2D eigenvalue weighted by molar-refractivity contribution is -0.123. The highest BCUT2D eigenvalue weighted by Gasteiger charge is 2.37. The average molecular weight is 485 g/mol. The van der Waals surface area contributed by atoms with Crippen molar-refractivity contribution >= 4 is 5.91 Å². The van der Waals surface area contributed by atoms with Crippen LogP contribution in [-0.2, 0) is 4.79 Å². The molecule has 0 saturated carbocycles. The monoisotopic (exact) mass is 484 g/mol. The van der Waals surface area contributed by atoms with Crippen LogP contribution in [0.5, 0.6) is 23.0 Å². The van der Waals surface area contributed by atoms with E-state index in [2.05, 4.69) is 22.7 Å². The van der Waals surface area contributed by atoms with Crippen LogP contribution in [0.25, 0.3) is 0 Å². The fraction of sp³-hybridized carbons (Fsp3) is 0.500. The molecule has 190 valence electrons. The zero-order valence-corrected chi connectivity index (χ0v) is 20.6. The van der Waals surface area contributed by atoms with E-state index in [1.165, 1.54) is 0 Å². The van der Waals surface area contributed by atoms with Crippen molar-refractivity contribution in [2.24, 2.45) is 11.7 Å². The Bertz CT molecular complexity index is 1020. The Balaban J connectivity index is 1.40. The zero-order valence-electron chi connectivity index (χ0n) is 20.6. The van der Waals surface area contributed by atoms with Crippen molar-refractivity contribution < 1.29 is 24.1 Å². The van der Waals surface area contributed by atoms with Gasteiger partial charge in [-0.05, 0) is 56.6 Å². The predicted octanol–water partition coefficient (Wildman–Crippen LogP) is 2.31. The molecular formula is C26H36N4O5. The first-order chi connectivity index (χ1) is 16.9. The first-order valence-corrected chi connectivity index (χ1v) is 12.1. The van der Waals surface area contributed by atoms with Gasteiger partial charge in [-0.2, -0.15) is 0 Å². The van der Waals surface area contributed by atoms with Gasteiger partial charge in [0.1, 0.15) is 18.1 Å². The molecule has 2 heterocycles. The van der Waals surface area contributed by atoms with E-state index < -0.39 is 0 Å². The molecule has 0 aromatic heterocycles. The summed E-state index contributed by atoms with van der Waals surface area (Å²) in [7, 11) is 3.25. The summed E-state index contributed by atoms with van der Waals surface area (Å²) in [6.45, 7) is 5.07. The Morgan fingerprint density at radius 2 is 1.83 bits per heavy atom. The maximum absolute atomic E-state index is 11.3. The van der Waals surface area contributed by atoms with Gasteiger partial charge in [0.2, 0.25) is 5.91 Å². The number of hydrogen-bond acceptors (Lipinski definition) is 8. The van der Waals surface area contributed by atoms with Crippen LogP contribution in [-0.4, -0.2) is 62.4 Å². The first-order valence-electron chi connectivity index (χ1n) is 12.1. The molecule has 35 heavy (non-hydrogen) atoms. The van der Waals surface area contributed by atoms with E-state index in [0.717, 1.165) is 43.6 Å². The van der Waals surface area contributed by atoms with E-state index >= 15 is 0 Å². The van der Waals surface area contributed by atoms with Gasteiger partial charge in [-0.1, -0.05) is 12.1 Å². The lowest BCUT2D eigenvalue weighted by atomic mass is 9.84. The number of aromatic hydroxyl groups is 1. The number of likely N-dealkylation sites (tertiary alicyclic amines) is 1. The van der Waals surface area contributed by atoms with Crippen molar-refractivity contribution in [3.8, 4) is 23.0 Å². The fourth-order valence-corrected chi connectivity index (χ4v) is 5.11. The maximum atomic E-state index is 11.3. The van der Waals surface area contributed by atoms with E-state index in [9.17, 15) is 9.90 Å². The van der Waals surface area contributed by atoms with E-state index in [1.54, 1.807) is 20.3 Å². The summed E-state index contributed by atoms with van der Waals surface area (Å²) in [5.41, 5.74) is 13.9. The van der Waals surface area contributed by atoms with Gasteiger partial charge >= 0.3 is 0 Å². The number of ether oxygens (including phenoxy) is 3. The van der Waals surface area contributed by atoms with Gasteiger partial charge in [-0.25, -0.2) is 5.43 Å². The molecule has 3 atom stereocenters. The topological polar surface area (TPSA) is 118 Å². The largest absolute Gasteiger partial charge is 0.507 e. The molecule has 1 amide bonds. The molecule has 2 aromatic rings. The Labute approximate surface area is 206 Å². The third-order valence-corrected chi connectivity index (χ3v) is 7.16. The molecule has 2 fully saturated rings. The number of methoxy groups -OCH3 is 2. The Kier molecular flexibility index (Phi) is 8.00. The number of hydrogen-bond donors (Lipinski definition) is 4. The van der Waals surface area contributed by atoms with Crippen LogP contribution in [0.3, 0.4) is 0 Å². The number of carbonyl (C=O) groups excluding carboxylic acids is 1. The minimum absolute atomic E-state index is 0.0131. The Hall–Kier alpha value is -3.01. The molecule has 3 unspecified atom stereocenters. The first kappa shape index (κ1) is 25.1. The summed E-state index contributed by atoms with van der Waals surface area (Å²) in [6.07, 6.45) is 1.60. The summed E-state index contributed by atoms with van der Waals surface area (Å²) in [5.74, 6) is 2.02. The lowest BCUT2D eigenvalue weighted by Crippen LogP contribution is -2.40. The van der Waals surface area contributed by atoms with E-state index in [4.69, 9.17) is 19.9 Å². The van der Waals surface area contributed by atoms with Crippen LogP contribution in [0.15, 0.2) is 36.4 Å². The van der Waals surface area contributed by atoms with Gasteiger partial charge in [0.25, 0.3) is 0 Å². The zero-order chi connectivity index (χ0) is 24.9. The Morgan fingerprint density at radius 3 is 2.49 bits per heavy atom. The van der Waals surface area contributed by atoms with Crippen molar-refractivity contribution in [2.75, 3.05) is 40.5 Å². The number of benzene rings is 2. The van der Waals surface area contributed by atoms with Gasteiger partial charge in [-0.15, -0.1) is 0 Å². The van der Waals surface area contributed by atoms with E-state index in [-0.39, 0.29) is 35.6 Å². The summed E-state index contributed by atoms with van der Waals surface area (Å²) in [5, 5.41) is 10.9. The number of nitrogens with two attached hydrogens (primary N) is 1. The number of amides is 1. The molecule has 0 bridgehead atoms. The predicted molar refractivity (Wildman–Crippen MR) is 133 cm³/mol. The second-order valence-corrected chi connectivity index (χ2v) is 9.28. The number of nitrogens with zero attached hydrogens (tertiary/aromatic N) is 1. The summed E-state index contributed by atoms with van der Waals surface area (Å²) < 4.78 is 16.8. The third kappa shape index (κ3) is 5.63. The summed E-state index contributed by atoms with van der Waals surface area (Å²) in [6, 6.07) is 11.4. The molecule has 4 rings (SSSR count). The van der Waals surface area contributed by atoms with Crippen LogP contribution in [0.1, 0.15) is 42.9 Å². The van der Waals surface area contributed by atoms with Crippen molar-refractivity contribution in [3.63, 3.8) is 0 Å². The molecule has 2 saturated heterocycles. The molecule has 0 aliphatic carbocycles. The molecule has 2 aromatic carbocycles. The average Bonchev–Trinajstić information content (AvgIpc) is 3.24. The number of phenolic OH excluding ortho intramolecular Hbond substituents is 1. The van der Waals surface area contributed by atoms with Crippen LogP contribution in [0.2, 0.25) is 0 Å². The molecule has 0 spiro atoms. The number of carbonyl (C=O) groups is 1. The van der Waals surface area contributed by atoms with Gasteiger partial charge < -0.3 is 25.1 Å². The number of nitrogens with one attached hydrogen (secondary N) is 2. The van der Waals surface area contributed by atoms with Crippen molar-refractivity contribution in [1.29, 1.82) is 0 Å². The quantitative estimate of drug-likeness (QED) is 0.428. The number of primary amides is 1. The van der Waals surface area contributed by atoms with Crippen LogP contribution < -0.4 is 30.8 Å². The molecule has 2 aliphatic rings. The molecule has 9 nitrogen and oxygen atoms in total. The molecule has 2 aliphatic heterocycles. The number of rotatable bonds is 9. The standard InChI is InChI=1S/C26H36N4O5/c1-16-24(18-4-7-22(33-2)23(14-18)34-3)25(29-28-16)20-6-5-19(15-21(20)31)35-13-12-30-10-8-17(9-11-30)26(27)32/h4-7,14-17,24-25,28-29,31H,8-13H2,1-3H3,(H2,27,32). The normalized spacial score (nSPS) is 23.2. The second-order valence-electron chi connectivity index (χ2n) is 9.28. The number of piperidine rings is 1. The minimum atomic E-state index is -0.203. The van der Waals surface area contributed by atoms with Crippen molar-refractivity contribution in [2.45, 2.75) is 37.8 Å². The molecule has 0 radical (unpaired) electrons. The van der Waals surface area contributed by atoms with E-state index in [1.807, 2.05) is 30.3 Å². The highest BCUT2D eigenvalue weighted by atomic mass is 16.5. The lowest BCUT2D eigenvalue weighted by Gasteiger charge is -2.30. The van der Waals surface area contributed by atoms with Crippen molar-refractivity contribution in [3.05, 3.63) is 47.5 Å². The van der Waals surface area contributed by atoms with E-state index in [0.29, 0.717) is 23.9 Å². The highest BCUT2D eigenvalue weighted by Crippen LogP contribution is 2.43. The van der Waals surface area contributed by atoms with Gasteiger partial charge in [0.15, 0.2) is 11.5 Å². The Morgan fingerprint density at radius 1 is 1.09 bits per heavy atom. The molecule has 5 N–H and O–H groups in total. The second kappa shape index (κ2) is 11.2. The van der Waals surface area contributed by atoms with Crippen LogP contribution in [0, 0.1) is 5.92 Å². The molecular weight excluding hydrogens is 448 g/mol. The smallest absolute Gasteiger partial charge is 0.220 e. The molecule has 9 heteroatoms. The minimum Gasteiger partial charge on any atom is -0.507 e. The summed E-state index contributed by atoms with van der Waals surface area (Å²) in [4.78, 5) is 13.6. The number of phenols is 1. The van der Waals surface area contributed by atoms with Gasteiger partial charge in [0.05, 0.1) is 20.3 Å². The summed E-state index contributed by atoms with van der Waals surface area (Å²) >= 11 is 0. The third-order valence-electron chi connectivity index (χ3n) is 7.16. The van der Waals surface area contributed by atoms with Gasteiger partial charge in [-0.3, -0.25) is 15.1 Å². The van der Waals surface area contributed by atoms with Gasteiger partial charge in [0, 0.05) is 36.1 Å². The highest BCUT2D eigenvalue weighted by molar-refractivity contribution is 5.76. The van der Waals surface area contributed by atoms with Crippen LogP contribution in [0.4, 0.5) is 0 Å². The SMILES string of the molecule is COc1ccc(C2C(C)NNC2c2ccc(OCCN3CCC(C(N)=O)CC3)cc2O)cc1OC. The van der Waals surface area contributed by atoms with Crippen LogP contribution >= 0.6 is 0 Å².